The first-order chi connectivity index (χ1) is 10.1. The molecule has 0 aliphatic carbocycles. The molecule has 0 aromatic carbocycles. The van der Waals surface area contributed by atoms with Gasteiger partial charge in [-0.3, -0.25) is 9.59 Å². The molecule has 0 bridgehead atoms. The molecule has 1 aliphatic rings. The smallest absolute Gasteiger partial charge is 0.328 e. The number of rotatable bonds is 5. The molecule has 114 valence electrons. The number of morpholine rings is 1. The van der Waals surface area contributed by atoms with E-state index < -0.39 is 12.0 Å². The Hall–Kier alpha value is -1.93. The van der Waals surface area contributed by atoms with Crippen molar-refractivity contribution >= 4 is 29.1 Å². The van der Waals surface area contributed by atoms with Gasteiger partial charge in [-0.25, -0.2) is 4.79 Å². The zero-order valence-corrected chi connectivity index (χ0v) is 12.1. The van der Waals surface area contributed by atoms with Crippen LogP contribution in [0.15, 0.2) is 16.8 Å². The van der Waals surface area contributed by atoms with Crippen molar-refractivity contribution in [1.82, 2.24) is 10.2 Å². The quantitative estimate of drug-likeness (QED) is 0.808. The lowest BCUT2D eigenvalue weighted by Gasteiger charge is -2.32. The van der Waals surface area contributed by atoms with E-state index in [2.05, 4.69) is 5.32 Å². The summed E-state index contributed by atoms with van der Waals surface area (Å²) in [5.41, 5.74) is 0.558. The van der Waals surface area contributed by atoms with E-state index in [-0.39, 0.29) is 37.9 Å². The summed E-state index contributed by atoms with van der Waals surface area (Å²) in [6, 6.07) is 0.753. The highest BCUT2D eigenvalue weighted by molar-refractivity contribution is 7.08. The largest absolute Gasteiger partial charge is 0.480 e. The van der Waals surface area contributed by atoms with Crippen molar-refractivity contribution in [3.05, 3.63) is 22.4 Å². The molecule has 2 N–H and O–H groups in total. The summed E-state index contributed by atoms with van der Waals surface area (Å²) in [5.74, 6) is -1.61. The lowest BCUT2D eigenvalue weighted by molar-refractivity contribution is -0.158. The van der Waals surface area contributed by atoms with E-state index in [0.29, 0.717) is 12.2 Å². The molecule has 1 aromatic heterocycles. The van der Waals surface area contributed by atoms with Crippen LogP contribution in [0.2, 0.25) is 0 Å². The Labute approximate surface area is 125 Å². The Morgan fingerprint density at radius 2 is 2.29 bits per heavy atom. The summed E-state index contributed by atoms with van der Waals surface area (Å²) in [6.07, 6.45) is 0.0691. The summed E-state index contributed by atoms with van der Waals surface area (Å²) >= 11 is 1.42. The Morgan fingerprint density at radius 1 is 1.48 bits per heavy atom. The SMILES string of the molecule is O=C(NCCC(=O)N1CCOCC1C(=O)O)c1ccsc1. The Kier molecular flexibility index (Phi) is 5.29. The van der Waals surface area contributed by atoms with Crippen molar-refractivity contribution in [2.75, 3.05) is 26.3 Å². The van der Waals surface area contributed by atoms with E-state index in [4.69, 9.17) is 9.84 Å². The maximum Gasteiger partial charge on any atom is 0.328 e. The number of hydrogen-bond donors (Lipinski definition) is 2. The van der Waals surface area contributed by atoms with Crippen LogP contribution in [0.3, 0.4) is 0 Å². The summed E-state index contributed by atoms with van der Waals surface area (Å²) in [6.45, 7) is 0.768. The van der Waals surface area contributed by atoms with Crippen molar-refractivity contribution in [3.8, 4) is 0 Å². The lowest BCUT2D eigenvalue weighted by atomic mass is 10.2. The van der Waals surface area contributed by atoms with Gasteiger partial charge < -0.3 is 20.1 Å². The number of carbonyl (C=O) groups excluding carboxylic acids is 2. The van der Waals surface area contributed by atoms with Gasteiger partial charge in [0.15, 0.2) is 6.04 Å². The predicted octanol–water partition coefficient (Wildman–Crippen LogP) is 0.180. The van der Waals surface area contributed by atoms with Crippen LogP contribution in [0.4, 0.5) is 0 Å². The fraction of sp³-hybridized carbons (Fsp3) is 0.462. The highest BCUT2D eigenvalue weighted by atomic mass is 32.1. The van der Waals surface area contributed by atoms with Gasteiger partial charge in [0.1, 0.15) is 0 Å². The number of carbonyl (C=O) groups is 3. The molecular weight excluding hydrogens is 296 g/mol. The van der Waals surface area contributed by atoms with Crippen LogP contribution >= 0.6 is 11.3 Å². The van der Waals surface area contributed by atoms with Gasteiger partial charge in [0.2, 0.25) is 5.91 Å². The number of ether oxygens (including phenoxy) is 1. The molecule has 8 heteroatoms. The van der Waals surface area contributed by atoms with Gasteiger partial charge >= 0.3 is 5.97 Å². The molecular formula is C13H16N2O5S. The van der Waals surface area contributed by atoms with Crippen LogP contribution < -0.4 is 5.32 Å². The predicted molar refractivity (Wildman–Crippen MR) is 75.2 cm³/mol. The van der Waals surface area contributed by atoms with E-state index in [1.165, 1.54) is 16.2 Å². The fourth-order valence-corrected chi connectivity index (χ4v) is 2.67. The van der Waals surface area contributed by atoms with Gasteiger partial charge in [-0.1, -0.05) is 0 Å². The van der Waals surface area contributed by atoms with Crippen LogP contribution in [-0.4, -0.2) is 60.1 Å². The summed E-state index contributed by atoms with van der Waals surface area (Å²) in [7, 11) is 0. The average molecular weight is 312 g/mol. The molecule has 1 fully saturated rings. The van der Waals surface area contributed by atoms with Crippen LogP contribution in [0.5, 0.6) is 0 Å². The monoisotopic (exact) mass is 312 g/mol. The van der Waals surface area contributed by atoms with Crippen LogP contribution in [0.25, 0.3) is 0 Å². The zero-order chi connectivity index (χ0) is 15.2. The summed E-state index contributed by atoms with van der Waals surface area (Å²) in [5, 5.41) is 15.2. The molecule has 1 aromatic rings. The molecule has 7 nitrogen and oxygen atoms in total. The van der Waals surface area contributed by atoms with Gasteiger partial charge in [-0.05, 0) is 11.4 Å². The van der Waals surface area contributed by atoms with Gasteiger partial charge in [0, 0.05) is 30.5 Å². The number of thiophene rings is 1. The number of carboxylic acid groups (broad SMARTS) is 1. The molecule has 2 rings (SSSR count). The third kappa shape index (κ3) is 4.02. The maximum atomic E-state index is 12.0. The van der Waals surface area contributed by atoms with Crippen molar-refractivity contribution in [3.63, 3.8) is 0 Å². The van der Waals surface area contributed by atoms with Crippen LogP contribution in [0.1, 0.15) is 16.8 Å². The molecule has 21 heavy (non-hydrogen) atoms. The van der Waals surface area contributed by atoms with E-state index >= 15 is 0 Å². The fourth-order valence-electron chi connectivity index (χ4n) is 2.03. The van der Waals surface area contributed by atoms with E-state index in [0.717, 1.165) is 0 Å². The zero-order valence-electron chi connectivity index (χ0n) is 11.3. The third-order valence-electron chi connectivity index (χ3n) is 3.14. The minimum Gasteiger partial charge on any atom is -0.480 e. The molecule has 1 saturated heterocycles. The lowest BCUT2D eigenvalue weighted by Crippen LogP contribution is -2.53. The molecule has 1 unspecified atom stereocenters. The minimum absolute atomic E-state index is 0.00232. The highest BCUT2D eigenvalue weighted by Crippen LogP contribution is 2.09. The normalized spacial score (nSPS) is 18.3. The molecule has 2 amide bonds. The first-order valence-electron chi connectivity index (χ1n) is 6.50. The molecule has 0 radical (unpaired) electrons. The van der Waals surface area contributed by atoms with Crippen molar-refractivity contribution in [1.29, 1.82) is 0 Å². The van der Waals surface area contributed by atoms with E-state index in [9.17, 15) is 14.4 Å². The van der Waals surface area contributed by atoms with Gasteiger partial charge in [0.25, 0.3) is 5.91 Å². The van der Waals surface area contributed by atoms with Crippen LogP contribution in [-0.2, 0) is 14.3 Å². The van der Waals surface area contributed by atoms with Crippen molar-refractivity contribution < 1.29 is 24.2 Å². The Morgan fingerprint density at radius 3 is 2.95 bits per heavy atom. The number of carboxylic acids is 1. The second kappa shape index (κ2) is 7.19. The first kappa shape index (κ1) is 15.5. The summed E-state index contributed by atoms with van der Waals surface area (Å²) in [4.78, 5) is 36.1. The topological polar surface area (TPSA) is 95.9 Å². The number of nitrogens with one attached hydrogen (secondary N) is 1. The molecule has 1 atom stereocenters. The van der Waals surface area contributed by atoms with Gasteiger partial charge in [0.05, 0.1) is 13.2 Å². The van der Waals surface area contributed by atoms with Crippen molar-refractivity contribution in [2.24, 2.45) is 0 Å². The van der Waals surface area contributed by atoms with Gasteiger partial charge in [-0.2, -0.15) is 11.3 Å². The second-order valence-electron chi connectivity index (χ2n) is 4.53. The Bertz CT molecular complexity index is 517. The number of amides is 2. The first-order valence-corrected chi connectivity index (χ1v) is 7.44. The van der Waals surface area contributed by atoms with E-state index in [1.807, 2.05) is 0 Å². The Balaban J connectivity index is 1.81. The third-order valence-corrected chi connectivity index (χ3v) is 3.82. The minimum atomic E-state index is -1.08. The van der Waals surface area contributed by atoms with E-state index in [1.54, 1.807) is 16.8 Å². The van der Waals surface area contributed by atoms with Crippen molar-refractivity contribution in [2.45, 2.75) is 12.5 Å². The molecule has 0 saturated carbocycles. The number of aliphatic carboxylic acids is 1. The molecule has 1 aliphatic heterocycles. The second-order valence-corrected chi connectivity index (χ2v) is 5.31. The molecule has 0 spiro atoms. The molecule has 2 heterocycles. The number of nitrogens with zero attached hydrogens (tertiary/aromatic N) is 1. The highest BCUT2D eigenvalue weighted by Gasteiger charge is 2.32. The average Bonchev–Trinajstić information content (AvgIpc) is 3.01. The maximum absolute atomic E-state index is 12.0. The summed E-state index contributed by atoms with van der Waals surface area (Å²) < 4.78 is 5.07. The standard InChI is InChI=1S/C13H16N2O5S/c16-11(15-4-5-20-7-10(15)13(18)19)1-3-14-12(17)9-2-6-21-8-9/h2,6,8,10H,1,3-5,7H2,(H,14,17)(H,18,19). The van der Waals surface area contributed by atoms with Crippen LogP contribution in [0, 0.1) is 0 Å². The number of hydrogen-bond acceptors (Lipinski definition) is 5. The van der Waals surface area contributed by atoms with Gasteiger partial charge in [-0.15, -0.1) is 0 Å².